The molecule has 0 unspecified atom stereocenters. The molecule has 0 saturated heterocycles. The maximum absolute atomic E-state index is 12.7. The number of para-hydroxylation sites is 1. The van der Waals surface area contributed by atoms with E-state index >= 15 is 0 Å². The van der Waals surface area contributed by atoms with Crippen LogP contribution in [0.1, 0.15) is 12.0 Å². The number of halogens is 1. The Hall–Kier alpha value is -1.53. The quantitative estimate of drug-likeness (QED) is 0.854. The SMILES string of the molecule is Cn1cnc(S(=O)(=O)N2CCCc3cccc(Cl)c32)c1. The number of nitrogens with zero attached hydrogens (tertiary/aromatic N) is 3. The minimum atomic E-state index is -3.66. The van der Waals surface area contributed by atoms with Gasteiger partial charge in [0.1, 0.15) is 0 Å². The second-order valence-electron chi connectivity index (χ2n) is 4.81. The summed E-state index contributed by atoms with van der Waals surface area (Å²) in [5, 5.41) is 0.509. The fraction of sp³-hybridized carbons (Fsp3) is 0.308. The summed E-state index contributed by atoms with van der Waals surface area (Å²) >= 11 is 6.20. The Morgan fingerprint density at radius 3 is 2.85 bits per heavy atom. The van der Waals surface area contributed by atoms with Crippen LogP contribution in [-0.2, 0) is 23.5 Å². The molecular weight excluding hydrogens is 298 g/mol. The van der Waals surface area contributed by atoms with E-state index in [9.17, 15) is 8.42 Å². The molecule has 106 valence electrons. The number of benzene rings is 1. The van der Waals surface area contributed by atoms with E-state index in [-0.39, 0.29) is 5.03 Å². The monoisotopic (exact) mass is 311 g/mol. The first-order chi connectivity index (χ1) is 9.50. The average molecular weight is 312 g/mol. The van der Waals surface area contributed by atoms with Crippen molar-refractivity contribution >= 4 is 27.3 Å². The van der Waals surface area contributed by atoms with E-state index in [1.165, 1.54) is 16.8 Å². The number of fused-ring (bicyclic) bond motifs is 1. The molecule has 2 heterocycles. The van der Waals surface area contributed by atoms with Gasteiger partial charge in [-0.2, -0.15) is 8.42 Å². The standard InChI is InChI=1S/C13H14ClN3O2S/c1-16-8-12(15-9-16)20(18,19)17-7-3-5-10-4-2-6-11(14)13(10)17/h2,4,6,8-9H,3,5,7H2,1H3. The summed E-state index contributed by atoms with van der Waals surface area (Å²) in [5.74, 6) is 0. The number of hydrogen-bond donors (Lipinski definition) is 0. The zero-order valence-corrected chi connectivity index (χ0v) is 12.5. The molecule has 5 nitrogen and oxygen atoms in total. The third-order valence-electron chi connectivity index (χ3n) is 3.36. The zero-order chi connectivity index (χ0) is 14.3. The molecule has 1 aliphatic heterocycles. The van der Waals surface area contributed by atoms with Crippen LogP contribution in [0.3, 0.4) is 0 Å². The van der Waals surface area contributed by atoms with Crippen LogP contribution in [0.5, 0.6) is 0 Å². The molecule has 1 aromatic heterocycles. The second kappa shape index (κ2) is 4.79. The second-order valence-corrected chi connectivity index (χ2v) is 7.02. The van der Waals surface area contributed by atoms with Crippen LogP contribution in [0.4, 0.5) is 5.69 Å². The first-order valence-corrected chi connectivity index (χ1v) is 8.10. The molecule has 0 fully saturated rings. The number of rotatable bonds is 2. The number of sulfonamides is 1. The number of aryl methyl sites for hydroxylation is 2. The van der Waals surface area contributed by atoms with Crippen molar-refractivity contribution in [2.45, 2.75) is 17.9 Å². The van der Waals surface area contributed by atoms with E-state index < -0.39 is 10.0 Å². The zero-order valence-electron chi connectivity index (χ0n) is 11.0. The highest BCUT2D eigenvalue weighted by atomic mass is 35.5. The van der Waals surface area contributed by atoms with E-state index in [0.29, 0.717) is 17.3 Å². The number of hydrogen-bond acceptors (Lipinski definition) is 3. The Morgan fingerprint density at radius 1 is 1.35 bits per heavy atom. The van der Waals surface area contributed by atoms with Crippen LogP contribution < -0.4 is 4.31 Å². The smallest absolute Gasteiger partial charge is 0.283 e. The topological polar surface area (TPSA) is 55.2 Å². The number of imidazole rings is 1. The lowest BCUT2D eigenvalue weighted by Gasteiger charge is -2.30. The molecule has 0 radical (unpaired) electrons. The van der Waals surface area contributed by atoms with Gasteiger partial charge in [0.05, 0.1) is 17.0 Å². The van der Waals surface area contributed by atoms with Gasteiger partial charge in [-0.05, 0) is 24.5 Å². The maximum atomic E-state index is 12.7. The first kappa shape index (κ1) is 13.5. The fourth-order valence-corrected chi connectivity index (χ4v) is 4.32. The average Bonchev–Trinajstić information content (AvgIpc) is 2.86. The van der Waals surface area contributed by atoms with Crippen molar-refractivity contribution in [1.29, 1.82) is 0 Å². The van der Waals surface area contributed by atoms with E-state index in [2.05, 4.69) is 4.98 Å². The Labute approximate surface area is 122 Å². The van der Waals surface area contributed by atoms with E-state index in [4.69, 9.17) is 11.6 Å². The molecule has 3 rings (SSSR count). The molecule has 0 saturated carbocycles. The molecule has 2 aromatic rings. The molecule has 0 bridgehead atoms. The molecule has 1 aromatic carbocycles. The molecule has 0 N–H and O–H groups in total. The van der Waals surface area contributed by atoms with Gasteiger partial charge in [0.25, 0.3) is 10.0 Å². The highest BCUT2D eigenvalue weighted by molar-refractivity contribution is 7.92. The van der Waals surface area contributed by atoms with Crippen LogP contribution in [0.25, 0.3) is 0 Å². The van der Waals surface area contributed by atoms with Gasteiger partial charge in [-0.1, -0.05) is 23.7 Å². The molecule has 0 atom stereocenters. The highest BCUT2D eigenvalue weighted by Crippen LogP contribution is 2.37. The molecule has 1 aliphatic rings. The van der Waals surface area contributed by atoms with Gasteiger partial charge in [-0.25, -0.2) is 4.98 Å². The van der Waals surface area contributed by atoms with Crippen LogP contribution in [0.2, 0.25) is 5.02 Å². The summed E-state index contributed by atoms with van der Waals surface area (Å²) in [6, 6.07) is 5.48. The van der Waals surface area contributed by atoms with E-state index in [0.717, 1.165) is 18.4 Å². The van der Waals surface area contributed by atoms with Crippen LogP contribution in [0.15, 0.2) is 35.7 Å². The van der Waals surface area contributed by atoms with E-state index in [1.54, 1.807) is 17.7 Å². The van der Waals surface area contributed by atoms with Crippen molar-refractivity contribution in [3.05, 3.63) is 41.3 Å². The summed E-state index contributed by atoms with van der Waals surface area (Å²) < 4.78 is 28.4. The lowest BCUT2D eigenvalue weighted by atomic mass is 10.0. The van der Waals surface area contributed by atoms with Gasteiger partial charge in [-0.15, -0.1) is 0 Å². The van der Waals surface area contributed by atoms with Crippen LogP contribution in [-0.4, -0.2) is 24.5 Å². The van der Waals surface area contributed by atoms with Crippen LogP contribution >= 0.6 is 11.6 Å². The van der Waals surface area contributed by atoms with Crippen molar-refractivity contribution in [2.24, 2.45) is 7.05 Å². The van der Waals surface area contributed by atoms with Gasteiger partial charge in [0, 0.05) is 19.8 Å². The molecule has 0 amide bonds. The summed E-state index contributed by atoms with van der Waals surface area (Å²) in [7, 11) is -1.92. The van der Waals surface area contributed by atoms with E-state index in [1.807, 2.05) is 12.1 Å². The van der Waals surface area contributed by atoms with Crippen molar-refractivity contribution in [3.8, 4) is 0 Å². The Morgan fingerprint density at radius 2 is 2.15 bits per heavy atom. The maximum Gasteiger partial charge on any atom is 0.283 e. The highest BCUT2D eigenvalue weighted by Gasteiger charge is 2.32. The predicted molar refractivity (Wildman–Crippen MR) is 77.5 cm³/mol. The molecule has 0 aliphatic carbocycles. The first-order valence-electron chi connectivity index (χ1n) is 6.28. The molecular formula is C13H14ClN3O2S. The third kappa shape index (κ3) is 2.09. The van der Waals surface area contributed by atoms with Crippen molar-refractivity contribution in [2.75, 3.05) is 10.8 Å². The molecule has 20 heavy (non-hydrogen) atoms. The summed E-state index contributed by atoms with van der Waals surface area (Å²) in [6.07, 6.45) is 4.59. The van der Waals surface area contributed by atoms with Gasteiger partial charge in [-0.3, -0.25) is 4.31 Å². The van der Waals surface area contributed by atoms with Gasteiger partial charge < -0.3 is 4.57 Å². The van der Waals surface area contributed by atoms with Crippen LogP contribution in [0, 0.1) is 0 Å². The Bertz CT molecular complexity index is 755. The lowest BCUT2D eigenvalue weighted by Crippen LogP contribution is -2.36. The predicted octanol–water partition coefficient (Wildman–Crippen LogP) is 2.21. The Kier molecular flexibility index (Phi) is 3.22. The van der Waals surface area contributed by atoms with Crippen molar-refractivity contribution in [3.63, 3.8) is 0 Å². The Balaban J connectivity index is 2.13. The minimum Gasteiger partial charge on any atom is -0.339 e. The molecule has 7 heteroatoms. The summed E-state index contributed by atoms with van der Waals surface area (Å²) in [6.45, 7) is 0.426. The normalized spacial score (nSPS) is 15.2. The minimum absolute atomic E-state index is 0.0489. The summed E-state index contributed by atoms with van der Waals surface area (Å²) in [5.41, 5.74) is 1.55. The third-order valence-corrected chi connectivity index (χ3v) is 5.35. The number of anilines is 1. The van der Waals surface area contributed by atoms with Gasteiger partial charge >= 0.3 is 0 Å². The lowest BCUT2D eigenvalue weighted by molar-refractivity contribution is 0.583. The van der Waals surface area contributed by atoms with Crippen molar-refractivity contribution in [1.82, 2.24) is 9.55 Å². The van der Waals surface area contributed by atoms with Gasteiger partial charge in [0.15, 0.2) is 5.03 Å². The summed E-state index contributed by atoms with van der Waals surface area (Å²) in [4.78, 5) is 3.96. The van der Waals surface area contributed by atoms with Crippen molar-refractivity contribution < 1.29 is 8.42 Å². The number of aromatic nitrogens is 2. The molecule has 0 spiro atoms. The largest absolute Gasteiger partial charge is 0.339 e. The van der Waals surface area contributed by atoms with Gasteiger partial charge in [0.2, 0.25) is 0 Å². The fourth-order valence-electron chi connectivity index (χ4n) is 2.44.